The first-order valence-corrected chi connectivity index (χ1v) is 5.07. The molecule has 0 atom stereocenters. The lowest BCUT2D eigenvalue weighted by molar-refractivity contribution is 0.474. The van der Waals surface area contributed by atoms with Crippen molar-refractivity contribution in [2.75, 3.05) is 5.73 Å². The highest BCUT2D eigenvalue weighted by molar-refractivity contribution is 5.73. The number of hydrogen-bond donors (Lipinski definition) is 2. The standard InChI is InChI=1S/C14H13NO/c15-13-6-3-4-11(10-13)8-9-12-5-1-2-7-14(12)16/h1-10,16H,15H2/b9-8+. The van der Waals surface area contributed by atoms with Crippen LogP contribution in [0.25, 0.3) is 12.2 Å². The number of rotatable bonds is 2. The summed E-state index contributed by atoms with van der Waals surface area (Å²) in [6.07, 6.45) is 3.79. The number of aromatic hydroxyl groups is 1. The molecule has 2 nitrogen and oxygen atoms in total. The van der Waals surface area contributed by atoms with Gasteiger partial charge < -0.3 is 10.8 Å². The van der Waals surface area contributed by atoms with Gasteiger partial charge in [0.15, 0.2) is 0 Å². The Bertz CT molecular complexity index is 518. The Morgan fingerprint density at radius 2 is 1.75 bits per heavy atom. The van der Waals surface area contributed by atoms with E-state index >= 15 is 0 Å². The van der Waals surface area contributed by atoms with E-state index in [-0.39, 0.29) is 5.75 Å². The minimum absolute atomic E-state index is 0.280. The monoisotopic (exact) mass is 211 g/mol. The average molecular weight is 211 g/mol. The maximum atomic E-state index is 9.57. The third-order valence-corrected chi connectivity index (χ3v) is 2.30. The molecule has 0 aliphatic heterocycles. The first-order valence-electron chi connectivity index (χ1n) is 5.07. The van der Waals surface area contributed by atoms with Crippen LogP contribution >= 0.6 is 0 Å². The molecule has 0 spiro atoms. The molecule has 0 heterocycles. The Labute approximate surface area is 94.7 Å². The molecule has 0 unspecified atom stereocenters. The largest absolute Gasteiger partial charge is 0.507 e. The highest BCUT2D eigenvalue weighted by Gasteiger charge is 1.94. The number of para-hydroxylation sites is 1. The number of phenols is 1. The molecular formula is C14H13NO. The van der Waals surface area contributed by atoms with E-state index in [9.17, 15) is 5.11 Å². The Morgan fingerprint density at radius 1 is 0.938 bits per heavy atom. The summed E-state index contributed by atoms with van der Waals surface area (Å²) in [6.45, 7) is 0. The highest BCUT2D eigenvalue weighted by atomic mass is 16.3. The van der Waals surface area contributed by atoms with E-state index in [0.717, 1.165) is 16.8 Å². The van der Waals surface area contributed by atoms with Gasteiger partial charge in [-0.25, -0.2) is 0 Å². The van der Waals surface area contributed by atoms with Gasteiger partial charge in [-0.2, -0.15) is 0 Å². The summed E-state index contributed by atoms with van der Waals surface area (Å²) >= 11 is 0. The fraction of sp³-hybridized carbons (Fsp3) is 0. The van der Waals surface area contributed by atoms with Crippen molar-refractivity contribution < 1.29 is 5.11 Å². The van der Waals surface area contributed by atoms with Crippen LogP contribution in [-0.4, -0.2) is 5.11 Å². The van der Waals surface area contributed by atoms with E-state index in [1.807, 2.05) is 48.6 Å². The number of benzene rings is 2. The third-order valence-electron chi connectivity index (χ3n) is 2.30. The van der Waals surface area contributed by atoms with Crippen LogP contribution in [0, 0.1) is 0 Å². The summed E-state index contributed by atoms with van der Waals surface area (Å²) in [7, 11) is 0. The van der Waals surface area contributed by atoms with Gasteiger partial charge in [0, 0.05) is 11.3 Å². The van der Waals surface area contributed by atoms with Gasteiger partial charge in [-0.15, -0.1) is 0 Å². The van der Waals surface area contributed by atoms with Crippen LogP contribution in [0.3, 0.4) is 0 Å². The maximum absolute atomic E-state index is 9.57. The molecule has 0 saturated carbocycles. The van der Waals surface area contributed by atoms with Crippen LogP contribution in [0.5, 0.6) is 5.75 Å². The molecule has 0 bridgehead atoms. The third kappa shape index (κ3) is 2.42. The topological polar surface area (TPSA) is 46.2 Å². The minimum Gasteiger partial charge on any atom is -0.507 e. The van der Waals surface area contributed by atoms with E-state index in [4.69, 9.17) is 5.73 Å². The van der Waals surface area contributed by atoms with Crippen LogP contribution in [0.1, 0.15) is 11.1 Å². The summed E-state index contributed by atoms with van der Waals surface area (Å²) in [4.78, 5) is 0. The Kier molecular flexibility index (Phi) is 2.92. The first kappa shape index (κ1) is 10.3. The molecule has 3 N–H and O–H groups in total. The number of hydrogen-bond acceptors (Lipinski definition) is 2. The fourth-order valence-corrected chi connectivity index (χ4v) is 1.48. The molecule has 0 aliphatic carbocycles. The van der Waals surface area contributed by atoms with Gasteiger partial charge >= 0.3 is 0 Å². The van der Waals surface area contributed by atoms with Crippen molar-refractivity contribution in [3.63, 3.8) is 0 Å². The van der Waals surface area contributed by atoms with E-state index in [0.29, 0.717) is 0 Å². The summed E-state index contributed by atoms with van der Waals surface area (Å²) in [5, 5.41) is 9.57. The minimum atomic E-state index is 0.280. The van der Waals surface area contributed by atoms with Crippen molar-refractivity contribution in [2.24, 2.45) is 0 Å². The predicted octanol–water partition coefficient (Wildman–Crippen LogP) is 3.14. The van der Waals surface area contributed by atoms with Crippen LogP contribution in [-0.2, 0) is 0 Å². The van der Waals surface area contributed by atoms with Gasteiger partial charge in [-0.3, -0.25) is 0 Å². The van der Waals surface area contributed by atoms with Crippen LogP contribution in [0.15, 0.2) is 48.5 Å². The quantitative estimate of drug-likeness (QED) is 0.592. The average Bonchev–Trinajstić information content (AvgIpc) is 2.28. The Hall–Kier alpha value is -2.22. The van der Waals surface area contributed by atoms with Crippen molar-refractivity contribution in [1.82, 2.24) is 0 Å². The van der Waals surface area contributed by atoms with Gasteiger partial charge in [-0.1, -0.05) is 42.5 Å². The van der Waals surface area contributed by atoms with E-state index in [1.165, 1.54) is 0 Å². The molecule has 2 aromatic rings. The molecule has 2 rings (SSSR count). The smallest absolute Gasteiger partial charge is 0.122 e. The van der Waals surface area contributed by atoms with Gasteiger partial charge in [0.05, 0.1) is 0 Å². The second kappa shape index (κ2) is 4.53. The molecule has 80 valence electrons. The molecule has 0 aliphatic rings. The number of nitrogen functional groups attached to an aromatic ring is 1. The molecule has 0 fully saturated rings. The number of nitrogens with two attached hydrogens (primary N) is 1. The molecule has 0 aromatic heterocycles. The lowest BCUT2D eigenvalue weighted by Crippen LogP contribution is -1.83. The van der Waals surface area contributed by atoms with Gasteiger partial charge in [0.2, 0.25) is 0 Å². The zero-order valence-electron chi connectivity index (χ0n) is 8.80. The zero-order valence-corrected chi connectivity index (χ0v) is 8.80. The first-order chi connectivity index (χ1) is 7.75. The summed E-state index contributed by atoms with van der Waals surface area (Å²) in [5.41, 5.74) is 8.22. The molecular weight excluding hydrogens is 198 g/mol. The number of phenolic OH excluding ortho intramolecular Hbond substituents is 1. The van der Waals surface area contributed by atoms with Crippen molar-refractivity contribution in [2.45, 2.75) is 0 Å². The van der Waals surface area contributed by atoms with Crippen molar-refractivity contribution in [1.29, 1.82) is 0 Å². The molecule has 0 saturated heterocycles. The van der Waals surface area contributed by atoms with Gasteiger partial charge in [0.1, 0.15) is 5.75 Å². The Morgan fingerprint density at radius 3 is 2.50 bits per heavy atom. The molecule has 0 amide bonds. The van der Waals surface area contributed by atoms with Crippen molar-refractivity contribution in [3.05, 3.63) is 59.7 Å². The van der Waals surface area contributed by atoms with Crippen molar-refractivity contribution in [3.8, 4) is 5.75 Å². The van der Waals surface area contributed by atoms with Gasteiger partial charge in [0.25, 0.3) is 0 Å². The van der Waals surface area contributed by atoms with E-state index < -0.39 is 0 Å². The van der Waals surface area contributed by atoms with Crippen molar-refractivity contribution >= 4 is 17.8 Å². The molecule has 2 aromatic carbocycles. The molecule has 16 heavy (non-hydrogen) atoms. The summed E-state index contributed by atoms with van der Waals surface area (Å²) in [5.74, 6) is 0.280. The normalized spacial score (nSPS) is 10.8. The summed E-state index contributed by atoms with van der Waals surface area (Å²) in [6, 6.07) is 14.8. The second-order valence-corrected chi connectivity index (χ2v) is 3.56. The molecule has 0 radical (unpaired) electrons. The van der Waals surface area contributed by atoms with Crippen LogP contribution in [0.4, 0.5) is 5.69 Å². The maximum Gasteiger partial charge on any atom is 0.122 e. The van der Waals surface area contributed by atoms with Gasteiger partial charge in [-0.05, 0) is 23.8 Å². The van der Waals surface area contributed by atoms with E-state index in [1.54, 1.807) is 12.1 Å². The fourth-order valence-electron chi connectivity index (χ4n) is 1.48. The Balaban J connectivity index is 2.25. The summed E-state index contributed by atoms with van der Waals surface area (Å²) < 4.78 is 0. The van der Waals surface area contributed by atoms with E-state index in [2.05, 4.69) is 0 Å². The lowest BCUT2D eigenvalue weighted by atomic mass is 10.1. The highest BCUT2D eigenvalue weighted by Crippen LogP contribution is 2.19. The SMILES string of the molecule is Nc1cccc(/C=C/c2ccccc2O)c1. The second-order valence-electron chi connectivity index (χ2n) is 3.56. The predicted molar refractivity (Wildman–Crippen MR) is 67.9 cm³/mol. The lowest BCUT2D eigenvalue weighted by Gasteiger charge is -1.98. The molecule has 2 heteroatoms. The van der Waals surface area contributed by atoms with Crippen LogP contribution < -0.4 is 5.73 Å². The number of anilines is 1. The zero-order chi connectivity index (χ0) is 11.4. The van der Waals surface area contributed by atoms with Crippen LogP contribution in [0.2, 0.25) is 0 Å².